The number of carbonyl (C=O) groups excluding carboxylic acids is 1. The summed E-state index contributed by atoms with van der Waals surface area (Å²) in [5, 5.41) is 0. The Hall–Kier alpha value is -3.99. The van der Waals surface area contributed by atoms with Gasteiger partial charge in [-0.3, -0.25) is 0 Å². The molecule has 0 amide bonds. The van der Waals surface area contributed by atoms with Gasteiger partial charge in [-0.25, -0.2) is 4.79 Å². The summed E-state index contributed by atoms with van der Waals surface area (Å²) in [7, 11) is 9.13. The molecule has 32 heavy (non-hydrogen) atoms. The van der Waals surface area contributed by atoms with E-state index < -0.39 is 5.97 Å². The molecule has 2 aromatic carbocycles. The minimum atomic E-state index is -0.673. The SMILES string of the molecule is COc1cc(C#CC(=O)OC/C=C/c2cc(OC)c(OC)c(OC)c2)cc(OC)c1OC. The van der Waals surface area contributed by atoms with Gasteiger partial charge in [0.05, 0.1) is 42.7 Å². The third-order valence-electron chi connectivity index (χ3n) is 4.28. The van der Waals surface area contributed by atoms with E-state index in [4.69, 9.17) is 33.2 Å². The normalized spacial score (nSPS) is 10.1. The van der Waals surface area contributed by atoms with Crippen LogP contribution in [-0.2, 0) is 9.53 Å². The van der Waals surface area contributed by atoms with Crippen molar-refractivity contribution in [3.63, 3.8) is 0 Å². The van der Waals surface area contributed by atoms with Crippen molar-refractivity contribution in [1.29, 1.82) is 0 Å². The Kier molecular flexibility index (Phi) is 9.11. The lowest BCUT2D eigenvalue weighted by Gasteiger charge is -2.12. The molecule has 170 valence electrons. The number of hydrogen-bond acceptors (Lipinski definition) is 8. The van der Waals surface area contributed by atoms with Crippen molar-refractivity contribution < 1.29 is 38.0 Å². The Balaban J connectivity index is 2.05. The Morgan fingerprint density at radius 1 is 0.750 bits per heavy atom. The van der Waals surface area contributed by atoms with Crippen LogP contribution in [0.3, 0.4) is 0 Å². The number of benzene rings is 2. The van der Waals surface area contributed by atoms with Crippen LogP contribution < -0.4 is 28.4 Å². The molecule has 0 saturated carbocycles. The molecular weight excluding hydrogens is 416 g/mol. The zero-order valence-electron chi connectivity index (χ0n) is 18.9. The lowest BCUT2D eigenvalue weighted by molar-refractivity contribution is -0.135. The maximum absolute atomic E-state index is 12.0. The van der Waals surface area contributed by atoms with Crippen LogP contribution >= 0.6 is 0 Å². The van der Waals surface area contributed by atoms with Crippen molar-refractivity contribution in [2.45, 2.75) is 0 Å². The first-order valence-electron chi connectivity index (χ1n) is 9.46. The minimum absolute atomic E-state index is 0.0411. The highest BCUT2D eigenvalue weighted by atomic mass is 16.5. The van der Waals surface area contributed by atoms with Crippen LogP contribution in [0.5, 0.6) is 34.5 Å². The third-order valence-corrected chi connectivity index (χ3v) is 4.28. The topological polar surface area (TPSA) is 81.7 Å². The van der Waals surface area contributed by atoms with Crippen molar-refractivity contribution >= 4 is 12.0 Å². The average molecular weight is 442 g/mol. The zero-order chi connectivity index (χ0) is 23.5. The van der Waals surface area contributed by atoms with E-state index in [1.165, 1.54) is 28.4 Å². The maximum atomic E-state index is 12.0. The second kappa shape index (κ2) is 12.0. The van der Waals surface area contributed by atoms with E-state index in [0.29, 0.717) is 40.1 Å². The largest absolute Gasteiger partial charge is 0.493 e. The van der Waals surface area contributed by atoms with Gasteiger partial charge in [0, 0.05) is 11.5 Å². The molecule has 0 aromatic heterocycles. The monoisotopic (exact) mass is 442 g/mol. The van der Waals surface area contributed by atoms with Gasteiger partial charge in [0.1, 0.15) is 6.61 Å². The van der Waals surface area contributed by atoms with Crippen LogP contribution in [0.25, 0.3) is 6.08 Å². The molecule has 0 aliphatic carbocycles. The van der Waals surface area contributed by atoms with E-state index in [1.807, 2.05) is 0 Å². The van der Waals surface area contributed by atoms with Gasteiger partial charge >= 0.3 is 5.97 Å². The molecule has 0 radical (unpaired) electrons. The summed E-state index contributed by atoms with van der Waals surface area (Å²) in [6, 6.07) is 6.85. The van der Waals surface area contributed by atoms with Crippen LogP contribution in [0.15, 0.2) is 30.3 Å². The van der Waals surface area contributed by atoms with Crippen LogP contribution in [0.2, 0.25) is 0 Å². The van der Waals surface area contributed by atoms with Crippen LogP contribution in [-0.4, -0.2) is 55.2 Å². The Bertz CT molecular complexity index is 980. The number of esters is 1. The highest BCUT2D eigenvalue weighted by Crippen LogP contribution is 2.39. The summed E-state index contributed by atoms with van der Waals surface area (Å²) in [6.07, 6.45) is 3.45. The van der Waals surface area contributed by atoms with Crippen molar-refractivity contribution in [1.82, 2.24) is 0 Å². The van der Waals surface area contributed by atoms with Crippen molar-refractivity contribution in [2.24, 2.45) is 0 Å². The molecule has 0 spiro atoms. The van der Waals surface area contributed by atoms with Crippen molar-refractivity contribution in [3.8, 4) is 46.3 Å². The molecule has 2 rings (SSSR count). The molecule has 0 saturated heterocycles. The lowest BCUT2D eigenvalue weighted by Crippen LogP contribution is -2.01. The van der Waals surface area contributed by atoms with Gasteiger partial charge in [0.25, 0.3) is 0 Å². The fourth-order valence-electron chi connectivity index (χ4n) is 2.82. The Morgan fingerprint density at radius 2 is 1.22 bits per heavy atom. The number of hydrogen-bond donors (Lipinski definition) is 0. The Morgan fingerprint density at radius 3 is 1.66 bits per heavy atom. The molecule has 0 atom stereocenters. The lowest BCUT2D eigenvalue weighted by atomic mass is 10.1. The molecule has 0 heterocycles. The summed E-state index contributed by atoms with van der Waals surface area (Å²) in [5.41, 5.74) is 1.31. The fourth-order valence-corrected chi connectivity index (χ4v) is 2.82. The molecular formula is C24H26O8. The Labute approximate surface area is 187 Å². The maximum Gasteiger partial charge on any atom is 0.385 e. The predicted octanol–water partition coefficient (Wildman–Crippen LogP) is 3.35. The quantitative estimate of drug-likeness (QED) is 0.432. The molecule has 0 N–H and O–H groups in total. The van der Waals surface area contributed by atoms with Gasteiger partial charge in [0.2, 0.25) is 11.5 Å². The smallest absolute Gasteiger partial charge is 0.385 e. The molecule has 8 heteroatoms. The summed E-state index contributed by atoms with van der Waals surface area (Å²) in [4.78, 5) is 12.0. The summed E-state index contributed by atoms with van der Waals surface area (Å²) in [6.45, 7) is 0.0411. The van der Waals surface area contributed by atoms with Crippen LogP contribution in [0.4, 0.5) is 0 Å². The van der Waals surface area contributed by atoms with E-state index in [2.05, 4.69) is 11.8 Å². The second-order valence-electron chi connectivity index (χ2n) is 6.12. The van der Waals surface area contributed by atoms with Gasteiger partial charge in [-0.15, -0.1) is 0 Å². The molecule has 0 unspecified atom stereocenters. The number of carbonyl (C=O) groups is 1. The van der Waals surface area contributed by atoms with Gasteiger partial charge < -0.3 is 33.2 Å². The summed E-state index contributed by atoms with van der Waals surface area (Å²) in [5.74, 6) is 7.38. The first kappa shape index (κ1) is 24.3. The third kappa shape index (κ3) is 6.01. The van der Waals surface area contributed by atoms with Gasteiger partial charge in [0.15, 0.2) is 23.0 Å². The molecule has 0 bridgehead atoms. The van der Waals surface area contributed by atoms with E-state index in [0.717, 1.165) is 5.56 Å². The van der Waals surface area contributed by atoms with E-state index in [-0.39, 0.29) is 6.61 Å². The molecule has 0 aliphatic heterocycles. The standard InChI is InChI=1S/C24H26O8/c1-26-18-12-16(13-19(27-2)23(18)30-5)8-7-11-32-22(25)10-9-17-14-20(28-3)24(31-6)21(15-17)29-4/h7-8,12-15H,11H2,1-6H3/b8-7+. The van der Waals surface area contributed by atoms with E-state index in [9.17, 15) is 4.79 Å². The highest BCUT2D eigenvalue weighted by Gasteiger charge is 2.13. The first-order valence-corrected chi connectivity index (χ1v) is 9.46. The van der Waals surface area contributed by atoms with E-state index in [1.54, 1.807) is 50.6 Å². The van der Waals surface area contributed by atoms with Crippen LogP contribution in [0.1, 0.15) is 11.1 Å². The first-order chi connectivity index (χ1) is 15.5. The summed E-state index contributed by atoms with van der Waals surface area (Å²) < 4.78 is 36.9. The fraction of sp³-hybridized carbons (Fsp3) is 0.292. The second-order valence-corrected chi connectivity index (χ2v) is 6.12. The molecule has 2 aromatic rings. The van der Waals surface area contributed by atoms with Gasteiger partial charge in [-0.2, -0.15) is 0 Å². The predicted molar refractivity (Wildman–Crippen MR) is 119 cm³/mol. The molecule has 0 aliphatic rings. The molecule has 8 nitrogen and oxygen atoms in total. The zero-order valence-corrected chi connectivity index (χ0v) is 18.9. The average Bonchev–Trinajstić information content (AvgIpc) is 2.83. The summed E-state index contributed by atoms with van der Waals surface area (Å²) >= 11 is 0. The molecule has 0 fully saturated rings. The van der Waals surface area contributed by atoms with Gasteiger partial charge in [-0.1, -0.05) is 12.0 Å². The van der Waals surface area contributed by atoms with Crippen molar-refractivity contribution in [3.05, 3.63) is 41.5 Å². The number of ether oxygens (including phenoxy) is 7. The van der Waals surface area contributed by atoms with Crippen LogP contribution in [0, 0.1) is 11.8 Å². The highest BCUT2D eigenvalue weighted by molar-refractivity contribution is 5.89. The van der Waals surface area contributed by atoms with E-state index >= 15 is 0 Å². The number of rotatable bonds is 9. The van der Waals surface area contributed by atoms with Gasteiger partial charge in [-0.05, 0) is 35.9 Å². The van der Waals surface area contributed by atoms with Crippen molar-refractivity contribution in [2.75, 3.05) is 49.3 Å². The minimum Gasteiger partial charge on any atom is -0.493 e. The number of methoxy groups -OCH3 is 6.